The molecule has 0 heterocycles. The summed E-state index contributed by atoms with van der Waals surface area (Å²) in [5.41, 5.74) is 1.54. The van der Waals surface area contributed by atoms with Crippen molar-refractivity contribution in [3.8, 4) is 11.5 Å². The van der Waals surface area contributed by atoms with Gasteiger partial charge >= 0.3 is 0 Å². The molecule has 0 unspecified atom stereocenters. The van der Waals surface area contributed by atoms with Gasteiger partial charge in [-0.15, -0.1) is 0 Å². The monoisotopic (exact) mass is 386 g/mol. The van der Waals surface area contributed by atoms with Crippen LogP contribution in [0.2, 0.25) is 0 Å². The van der Waals surface area contributed by atoms with E-state index in [1.54, 1.807) is 0 Å². The van der Waals surface area contributed by atoms with E-state index in [1.807, 2.05) is 55.5 Å². The zero-order valence-electron chi connectivity index (χ0n) is 16.7. The molecule has 0 aliphatic heterocycles. The van der Waals surface area contributed by atoms with E-state index < -0.39 is 0 Å². The standard InChI is InChI=1S/C22H30N2O4/c1-3-5-12-27-21-11-7-9-19(16-21)24-22(25)17-23-18-8-6-10-20(15-18)28-14-13-26-4-2/h6-11,15-16,23H,3-5,12-14,17H2,1-2H3,(H,24,25). The van der Waals surface area contributed by atoms with Crippen LogP contribution in [0.25, 0.3) is 0 Å². The molecule has 0 saturated carbocycles. The van der Waals surface area contributed by atoms with Crippen molar-refractivity contribution in [3.05, 3.63) is 48.5 Å². The molecule has 6 nitrogen and oxygen atoms in total. The second kappa shape index (κ2) is 12.6. The van der Waals surface area contributed by atoms with Gasteiger partial charge in [-0.2, -0.15) is 0 Å². The Bertz CT molecular complexity index is 721. The van der Waals surface area contributed by atoms with Crippen LogP contribution in [0, 0.1) is 0 Å². The van der Waals surface area contributed by atoms with E-state index in [9.17, 15) is 4.79 Å². The number of carbonyl (C=O) groups is 1. The molecule has 0 aromatic heterocycles. The maximum atomic E-state index is 12.2. The van der Waals surface area contributed by atoms with Gasteiger partial charge in [0.2, 0.25) is 5.91 Å². The van der Waals surface area contributed by atoms with E-state index in [2.05, 4.69) is 17.6 Å². The average molecular weight is 386 g/mol. The van der Waals surface area contributed by atoms with Crippen LogP contribution in [0.5, 0.6) is 11.5 Å². The highest BCUT2D eigenvalue weighted by atomic mass is 16.5. The lowest BCUT2D eigenvalue weighted by molar-refractivity contribution is -0.114. The smallest absolute Gasteiger partial charge is 0.243 e. The summed E-state index contributed by atoms with van der Waals surface area (Å²) >= 11 is 0. The molecule has 2 aromatic carbocycles. The first-order valence-corrected chi connectivity index (χ1v) is 9.78. The number of hydrogen-bond acceptors (Lipinski definition) is 5. The van der Waals surface area contributed by atoms with Crippen LogP contribution in [-0.4, -0.2) is 38.9 Å². The van der Waals surface area contributed by atoms with Crippen molar-refractivity contribution in [2.24, 2.45) is 0 Å². The molecular formula is C22H30N2O4. The largest absolute Gasteiger partial charge is 0.494 e. The van der Waals surface area contributed by atoms with Crippen LogP contribution in [0.4, 0.5) is 11.4 Å². The maximum absolute atomic E-state index is 12.2. The Morgan fingerprint density at radius 2 is 1.57 bits per heavy atom. The molecule has 0 fully saturated rings. The van der Waals surface area contributed by atoms with E-state index in [0.717, 1.165) is 30.0 Å². The summed E-state index contributed by atoms with van der Waals surface area (Å²) in [4.78, 5) is 12.2. The number of benzene rings is 2. The van der Waals surface area contributed by atoms with E-state index in [1.165, 1.54) is 0 Å². The third kappa shape index (κ3) is 8.31. The van der Waals surface area contributed by atoms with Crippen molar-refractivity contribution in [1.82, 2.24) is 0 Å². The van der Waals surface area contributed by atoms with Gasteiger partial charge in [0.05, 0.1) is 19.8 Å². The molecule has 0 aliphatic carbocycles. The number of carbonyl (C=O) groups excluding carboxylic acids is 1. The van der Waals surface area contributed by atoms with Crippen molar-refractivity contribution >= 4 is 17.3 Å². The number of hydrogen-bond donors (Lipinski definition) is 2. The fraction of sp³-hybridized carbons (Fsp3) is 0.409. The summed E-state index contributed by atoms with van der Waals surface area (Å²) in [6.07, 6.45) is 2.09. The Hall–Kier alpha value is -2.73. The average Bonchev–Trinajstić information content (AvgIpc) is 2.71. The molecule has 0 radical (unpaired) electrons. The molecule has 0 spiro atoms. The molecular weight excluding hydrogens is 356 g/mol. The molecule has 0 aliphatic rings. The lowest BCUT2D eigenvalue weighted by Gasteiger charge is -2.11. The van der Waals surface area contributed by atoms with Crippen LogP contribution < -0.4 is 20.1 Å². The van der Waals surface area contributed by atoms with Gasteiger partial charge in [0.25, 0.3) is 0 Å². The van der Waals surface area contributed by atoms with Crippen LogP contribution in [0.1, 0.15) is 26.7 Å². The van der Waals surface area contributed by atoms with E-state index in [0.29, 0.717) is 32.1 Å². The van der Waals surface area contributed by atoms with Gasteiger partial charge in [0.1, 0.15) is 18.1 Å². The third-order valence-corrected chi connectivity index (χ3v) is 3.87. The summed E-state index contributed by atoms with van der Waals surface area (Å²) < 4.78 is 16.5. The summed E-state index contributed by atoms with van der Waals surface area (Å²) in [5, 5.41) is 5.99. The maximum Gasteiger partial charge on any atom is 0.243 e. The number of anilines is 2. The van der Waals surface area contributed by atoms with Gasteiger partial charge in [-0.3, -0.25) is 4.79 Å². The Morgan fingerprint density at radius 3 is 2.29 bits per heavy atom. The van der Waals surface area contributed by atoms with Gasteiger partial charge in [-0.25, -0.2) is 0 Å². The Balaban J connectivity index is 1.78. The lowest BCUT2D eigenvalue weighted by Crippen LogP contribution is -2.21. The molecule has 1 amide bonds. The van der Waals surface area contributed by atoms with Crippen molar-refractivity contribution in [2.45, 2.75) is 26.7 Å². The highest BCUT2D eigenvalue weighted by Gasteiger charge is 2.04. The molecule has 2 rings (SSSR count). The van der Waals surface area contributed by atoms with Crippen molar-refractivity contribution in [2.75, 3.05) is 43.6 Å². The Morgan fingerprint density at radius 1 is 0.893 bits per heavy atom. The first-order chi connectivity index (χ1) is 13.7. The zero-order valence-corrected chi connectivity index (χ0v) is 16.7. The molecule has 28 heavy (non-hydrogen) atoms. The number of nitrogens with one attached hydrogen (secondary N) is 2. The van der Waals surface area contributed by atoms with Gasteiger partial charge in [0, 0.05) is 30.1 Å². The van der Waals surface area contributed by atoms with Gasteiger partial charge in [0.15, 0.2) is 0 Å². The molecule has 0 atom stereocenters. The topological polar surface area (TPSA) is 68.8 Å². The lowest BCUT2D eigenvalue weighted by atomic mass is 10.3. The first kappa shape index (κ1) is 21.6. The van der Waals surface area contributed by atoms with E-state index in [-0.39, 0.29) is 12.5 Å². The van der Waals surface area contributed by atoms with Gasteiger partial charge < -0.3 is 24.8 Å². The summed E-state index contributed by atoms with van der Waals surface area (Å²) in [6.45, 7) is 6.63. The minimum Gasteiger partial charge on any atom is -0.494 e. The number of ether oxygens (including phenoxy) is 3. The fourth-order valence-corrected chi connectivity index (χ4v) is 2.44. The second-order valence-corrected chi connectivity index (χ2v) is 6.20. The third-order valence-electron chi connectivity index (χ3n) is 3.87. The second-order valence-electron chi connectivity index (χ2n) is 6.20. The zero-order chi connectivity index (χ0) is 20.0. The predicted octanol–water partition coefficient (Wildman–Crippen LogP) is 4.33. The SMILES string of the molecule is CCCCOc1cccc(NC(=O)CNc2cccc(OCCOCC)c2)c1. The molecule has 0 bridgehead atoms. The quantitative estimate of drug-likeness (QED) is 0.502. The Labute approximate surface area is 167 Å². The van der Waals surface area contributed by atoms with E-state index >= 15 is 0 Å². The Kier molecular flexibility index (Phi) is 9.72. The molecule has 2 N–H and O–H groups in total. The predicted molar refractivity (Wildman–Crippen MR) is 112 cm³/mol. The number of rotatable bonds is 13. The highest BCUT2D eigenvalue weighted by Crippen LogP contribution is 2.19. The van der Waals surface area contributed by atoms with Crippen LogP contribution >= 0.6 is 0 Å². The van der Waals surface area contributed by atoms with Crippen molar-refractivity contribution in [1.29, 1.82) is 0 Å². The summed E-state index contributed by atoms with van der Waals surface area (Å²) in [5.74, 6) is 1.37. The van der Waals surface area contributed by atoms with Crippen molar-refractivity contribution < 1.29 is 19.0 Å². The van der Waals surface area contributed by atoms with Gasteiger partial charge in [-0.1, -0.05) is 25.5 Å². The van der Waals surface area contributed by atoms with Crippen molar-refractivity contribution in [3.63, 3.8) is 0 Å². The van der Waals surface area contributed by atoms with Gasteiger partial charge in [-0.05, 0) is 37.6 Å². The molecule has 0 saturated heterocycles. The molecule has 2 aromatic rings. The summed E-state index contributed by atoms with van der Waals surface area (Å²) in [6, 6.07) is 15.0. The summed E-state index contributed by atoms with van der Waals surface area (Å²) in [7, 11) is 0. The number of unbranched alkanes of at least 4 members (excludes halogenated alkanes) is 1. The molecule has 152 valence electrons. The fourth-order valence-electron chi connectivity index (χ4n) is 2.44. The van der Waals surface area contributed by atoms with E-state index in [4.69, 9.17) is 14.2 Å². The first-order valence-electron chi connectivity index (χ1n) is 9.78. The minimum atomic E-state index is -0.131. The number of amides is 1. The van der Waals surface area contributed by atoms with Crippen LogP contribution in [-0.2, 0) is 9.53 Å². The molecule has 6 heteroatoms. The van der Waals surface area contributed by atoms with Crippen LogP contribution in [0.15, 0.2) is 48.5 Å². The minimum absolute atomic E-state index is 0.131. The highest BCUT2D eigenvalue weighted by molar-refractivity contribution is 5.93. The van der Waals surface area contributed by atoms with Crippen LogP contribution in [0.3, 0.4) is 0 Å². The normalized spacial score (nSPS) is 10.4.